The summed E-state index contributed by atoms with van der Waals surface area (Å²) in [5.74, 6) is 0. The molecule has 0 aromatic carbocycles. The van der Waals surface area contributed by atoms with E-state index in [1.807, 2.05) is 0 Å². The number of sulfonamides is 1. The first-order valence-corrected chi connectivity index (χ1v) is 6.48. The molecule has 0 radical (unpaired) electrons. The van der Waals surface area contributed by atoms with Crippen molar-refractivity contribution in [1.29, 1.82) is 0 Å². The Balaban J connectivity index is 3.09. The minimum atomic E-state index is -3.77. The number of nitrogens with two attached hydrogens (primary N) is 1. The quantitative estimate of drug-likeness (QED) is 0.796. The third-order valence-corrected chi connectivity index (χ3v) is 3.84. The zero-order valence-electron chi connectivity index (χ0n) is 10.1. The maximum atomic E-state index is 12.1. The van der Waals surface area contributed by atoms with Crippen LogP contribution in [-0.4, -0.2) is 42.0 Å². The van der Waals surface area contributed by atoms with Gasteiger partial charge in [0.1, 0.15) is 0 Å². The van der Waals surface area contributed by atoms with E-state index < -0.39 is 15.6 Å². The molecule has 1 rings (SSSR count). The van der Waals surface area contributed by atoms with Crippen molar-refractivity contribution >= 4 is 15.7 Å². The number of anilines is 1. The summed E-state index contributed by atoms with van der Waals surface area (Å²) in [6.07, 6.45) is 1.36. The highest BCUT2D eigenvalue weighted by atomic mass is 32.2. The molecule has 0 aliphatic rings. The predicted molar refractivity (Wildman–Crippen MR) is 64.8 cm³/mol. The molecule has 7 heteroatoms. The highest BCUT2D eigenvalue weighted by molar-refractivity contribution is 7.89. The second-order valence-electron chi connectivity index (χ2n) is 4.47. The molecule has 1 aromatic rings. The van der Waals surface area contributed by atoms with Gasteiger partial charge < -0.3 is 10.8 Å². The lowest BCUT2D eigenvalue weighted by Crippen LogP contribution is -2.40. The van der Waals surface area contributed by atoms with Crippen LogP contribution in [0, 0.1) is 0 Å². The van der Waals surface area contributed by atoms with Crippen LogP contribution < -0.4 is 5.73 Å². The van der Waals surface area contributed by atoms with Crippen LogP contribution in [0.4, 0.5) is 5.69 Å². The molecule has 6 nitrogen and oxygen atoms in total. The number of aliphatic hydroxyl groups is 1. The van der Waals surface area contributed by atoms with Crippen molar-refractivity contribution in [3.05, 3.63) is 18.3 Å². The third-order valence-electron chi connectivity index (χ3n) is 2.06. The smallest absolute Gasteiger partial charge is 0.262 e. The highest BCUT2D eigenvalue weighted by Crippen LogP contribution is 2.19. The Hall–Kier alpha value is -1.18. The Kier molecular flexibility index (Phi) is 3.75. The van der Waals surface area contributed by atoms with Gasteiger partial charge in [-0.3, -0.25) is 0 Å². The van der Waals surface area contributed by atoms with Gasteiger partial charge in [-0.25, -0.2) is 13.4 Å². The van der Waals surface area contributed by atoms with Gasteiger partial charge in [-0.1, -0.05) is 0 Å². The SMILES string of the molecule is CN(CC(C)(C)O)S(=O)(=O)c1ncccc1N. The van der Waals surface area contributed by atoms with Gasteiger partial charge in [0.05, 0.1) is 11.3 Å². The van der Waals surface area contributed by atoms with Crippen LogP contribution in [0.25, 0.3) is 0 Å². The van der Waals surface area contributed by atoms with Crippen molar-refractivity contribution in [2.75, 3.05) is 19.3 Å². The molecule has 0 aliphatic heterocycles. The summed E-state index contributed by atoms with van der Waals surface area (Å²) in [7, 11) is -2.39. The predicted octanol–water partition coefficient (Wildman–Crippen LogP) is 0.0552. The minimum absolute atomic E-state index is 0.0364. The van der Waals surface area contributed by atoms with Crippen molar-refractivity contribution < 1.29 is 13.5 Å². The van der Waals surface area contributed by atoms with Crippen LogP contribution in [0.1, 0.15) is 13.8 Å². The lowest BCUT2D eigenvalue weighted by molar-refractivity contribution is 0.0639. The average Bonchev–Trinajstić information content (AvgIpc) is 2.15. The van der Waals surface area contributed by atoms with Crippen molar-refractivity contribution in [3.8, 4) is 0 Å². The Morgan fingerprint density at radius 3 is 2.59 bits per heavy atom. The van der Waals surface area contributed by atoms with Gasteiger partial charge in [-0.15, -0.1) is 0 Å². The van der Waals surface area contributed by atoms with E-state index >= 15 is 0 Å². The van der Waals surface area contributed by atoms with E-state index in [9.17, 15) is 13.5 Å². The van der Waals surface area contributed by atoms with Gasteiger partial charge in [0.15, 0.2) is 5.03 Å². The van der Waals surface area contributed by atoms with Gasteiger partial charge in [0, 0.05) is 19.8 Å². The van der Waals surface area contributed by atoms with Crippen LogP contribution in [0.2, 0.25) is 0 Å². The van der Waals surface area contributed by atoms with Gasteiger partial charge in [-0.2, -0.15) is 4.31 Å². The lowest BCUT2D eigenvalue weighted by atomic mass is 10.1. The second-order valence-corrected chi connectivity index (χ2v) is 6.43. The van der Waals surface area contributed by atoms with Crippen LogP contribution in [-0.2, 0) is 10.0 Å². The molecular formula is C10H17N3O3S. The van der Waals surface area contributed by atoms with Crippen LogP contribution in [0.5, 0.6) is 0 Å². The number of nitrogens with zero attached hydrogens (tertiary/aromatic N) is 2. The number of hydrogen-bond donors (Lipinski definition) is 2. The van der Waals surface area contributed by atoms with Crippen molar-refractivity contribution in [1.82, 2.24) is 9.29 Å². The fourth-order valence-corrected chi connectivity index (χ4v) is 2.74. The van der Waals surface area contributed by atoms with E-state index in [1.54, 1.807) is 6.07 Å². The monoisotopic (exact) mass is 259 g/mol. The molecule has 96 valence electrons. The maximum absolute atomic E-state index is 12.1. The normalized spacial score (nSPS) is 13.0. The Morgan fingerprint density at radius 2 is 2.12 bits per heavy atom. The molecule has 0 amide bonds. The summed E-state index contributed by atoms with van der Waals surface area (Å²) in [4.78, 5) is 3.76. The average molecular weight is 259 g/mol. The molecule has 0 aliphatic carbocycles. The van der Waals surface area contributed by atoms with E-state index in [1.165, 1.54) is 33.2 Å². The summed E-state index contributed by atoms with van der Waals surface area (Å²) in [5.41, 5.74) is 4.55. The Morgan fingerprint density at radius 1 is 1.53 bits per heavy atom. The molecular weight excluding hydrogens is 242 g/mol. The van der Waals surface area contributed by atoms with Crippen molar-refractivity contribution in [2.24, 2.45) is 0 Å². The second kappa shape index (κ2) is 4.59. The summed E-state index contributed by atoms with van der Waals surface area (Å²) in [5, 5.41) is 9.42. The molecule has 0 unspecified atom stereocenters. The molecule has 1 aromatic heterocycles. The first kappa shape index (κ1) is 13.9. The van der Waals surface area contributed by atoms with Crippen LogP contribution >= 0.6 is 0 Å². The van der Waals surface area contributed by atoms with Crippen LogP contribution in [0.3, 0.4) is 0 Å². The number of nitrogen functional groups attached to an aromatic ring is 1. The Labute approximate surface area is 101 Å². The van der Waals surface area contributed by atoms with E-state index in [2.05, 4.69) is 4.98 Å². The largest absolute Gasteiger partial charge is 0.396 e. The van der Waals surface area contributed by atoms with E-state index in [0.717, 1.165) is 4.31 Å². The van der Waals surface area contributed by atoms with Gasteiger partial charge in [0.2, 0.25) is 0 Å². The maximum Gasteiger partial charge on any atom is 0.262 e. The number of hydrogen-bond acceptors (Lipinski definition) is 5. The van der Waals surface area contributed by atoms with E-state index in [0.29, 0.717) is 0 Å². The van der Waals surface area contributed by atoms with E-state index in [-0.39, 0.29) is 17.3 Å². The molecule has 0 saturated carbocycles. The van der Waals surface area contributed by atoms with E-state index in [4.69, 9.17) is 5.73 Å². The van der Waals surface area contributed by atoms with Crippen molar-refractivity contribution in [3.63, 3.8) is 0 Å². The Bertz CT molecular complexity index is 494. The molecule has 1 heterocycles. The topological polar surface area (TPSA) is 96.5 Å². The van der Waals surface area contributed by atoms with Gasteiger partial charge >= 0.3 is 0 Å². The first-order chi connectivity index (χ1) is 7.64. The number of likely N-dealkylation sites (N-methyl/N-ethyl adjacent to an activating group) is 1. The molecule has 0 fully saturated rings. The van der Waals surface area contributed by atoms with Crippen LogP contribution in [0.15, 0.2) is 23.4 Å². The molecule has 0 saturated heterocycles. The number of aromatic nitrogens is 1. The summed E-state index contributed by atoms with van der Waals surface area (Å²) in [6, 6.07) is 3.03. The summed E-state index contributed by atoms with van der Waals surface area (Å²) < 4.78 is 25.2. The number of rotatable bonds is 4. The summed E-state index contributed by atoms with van der Waals surface area (Å²) in [6.45, 7) is 3.02. The fraction of sp³-hybridized carbons (Fsp3) is 0.500. The molecule has 0 atom stereocenters. The molecule has 0 spiro atoms. The fourth-order valence-electron chi connectivity index (χ4n) is 1.40. The molecule has 0 bridgehead atoms. The highest BCUT2D eigenvalue weighted by Gasteiger charge is 2.28. The third kappa shape index (κ3) is 3.39. The number of pyridine rings is 1. The lowest BCUT2D eigenvalue weighted by Gasteiger charge is -2.24. The zero-order chi connectivity index (χ0) is 13.3. The van der Waals surface area contributed by atoms with Gasteiger partial charge in [0.25, 0.3) is 10.0 Å². The molecule has 17 heavy (non-hydrogen) atoms. The van der Waals surface area contributed by atoms with Gasteiger partial charge in [-0.05, 0) is 26.0 Å². The summed E-state index contributed by atoms with van der Waals surface area (Å²) >= 11 is 0. The molecule has 3 N–H and O–H groups in total. The standard InChI is InChI=1S/C10H17N3O3S/c1-10(2,14)7-13(3)17(15,16)9-8(11)5-4-6-12-9/h4-6,14H,7,11H2,1-3H3. The zero-order valence-corrected chi connectivity index (χ0v) is 10.9. The van der Waals surface area contributed by atoms with Crippen molar-refractivity contribution in [2.45, 2.75) is 24.5 Å². The minimum Gasteiger partial charge on any atom is -0.396 e. The first-order valence-electron chi connectivity index (χ1n) is 5.04.